The van der Waals surface area contributed by atoms with Gasteiger partial charge in [0.1, 0.15) is 7.05 Å². The Kier molecular flexibility index (Phi) is 2.79. The second-order valence-electron chi connectivity index (χ2n) is 3.94. The van der Waals surface area contributed by atoms with Gasteiger partial charge in [0, 0.05) is 18.4 Å². The fourth-order valence-electron chi connectivity index (χ4n) is 1.99. The number of aryl methyl sites for hydroxylation is 2. The molecular weight excluding hydrogens is 218 g/mol. The molecule has 0 aliphatic rings. The van der Waals surface area contributed by atoms with Crippen LogP contribution in [0.2, 0.25) is 0 Å². The van der Waals surface area contributed by atoms with E-state index in [0.29, 0.717) is 11.5 Å². The standard InChI is InChI=1S/C13H15NO3/c1-8-11-9(5-6-14(8)2)7-10(16-3)13(17-4)12(11)15/h5-7H,1-4H3/p+1. The Balaban J connectivity index is 2.91. The number of aromatic hydroxyl groups is 1. The van der Waals surface area contributed by atoms with Crippen molar-refractivity contribution in [3.05, 3.63) is 24.0 Å². The molecule has 90 valence electrons. The molecule has 4 heteroatoms. The van der Waals surface area contributed by atoms with Crippen LogP contribution in [0, 0.1) is 6.92 Å². The lowest BCUT2D eigenvalue weighted by Gasteiger charge is -2.12. The van der Waals surface area contributed by atoms with Crippen LogP contribution in [-0.2, 0) is 7.05 Å². The summed E-state index contributed by atoms with van der Waals surface area (Å²) in [4.78, 5) is 0. The Morgan fingerprint density at radius 2 is 1.94 bits per heavy atom. The second kappa shape index (κ2) is 4.13. The van der Waals surface area contributed by atoms with Crippen molar-refractivity contribution >= 4 is 10.8 Å². The summed E-state index contributed by atoms with van der Waals surface area (Å²) in [5, 5.41) is 12.0. The first-order chi connectivity index (χ1) is 8.10. The molecule has 0 unspecified atom stereocenters. The summed E-state index contributed by atoms with van der Waals surface area (Å²) in [5.41, 5.74) is 0.973. The van der Waals surface area contributed by atoms with Crippen molar-refractivity contribution < 1.29 is 19.1 Å². The van der Waals surface area contributed by atoms with Crippen LogP contribution in [0.25, 0.3) is 10.8 Å². The molecule has 0 spiro atoms. The third-order valence-electron chi connectivity index (χ3n) is 3.04. The molecule has 2 aromatic rings. The van der Waals surface area contributed by atoms with E-state index in [4.69, 9.17) is 9.47 Å². The van der Waals surface area contributed by atoms with Crippen LogP contribution in [0.5, 0.6) is 17.2 Å². The van der Waals surface area contributed by atoms with Crippen molar-refractivity contribution in [3.8, 4) is 17.2 Å². The molecule has 2 rings (SSSR count). The quantitative estimate of drug-likeness (QED) is 0.804. The van der Waals surface area contributed by atoms with Gasteiger partial charge in [0.15, 0.2) is 23.4 Å². The van der Waals surface area contributed by atoms with E-state index in [1.807, 2.05) is 36.9 Å². The van der Waals surface area contributed by atoms with Crippen LogP contribution in [0.4, 0.5) is 0 Å². The first-order valence-electron chi connectivity index (χ1n) is 5.33. The molecule has 17 heavy (non-hydrogen) atoms. The molecule has 0 fully saturated rings. The summed E-state index contributed by atoms with van der Waals surface area (Å²) in [7, 11) is 5.01. The van der Waals surface area contributed by atoms with Gasteiger partial charge in [0.2, 0.25) is 5.75 Å². The Bertz CT molecular complexity index is 579. The Labute approximate surface area is 100 Å². The van der Waals surface area contributed by atoms with Gasteiger partial charge in [-0.05, 0) is 6.07 Å². The van der Waals surface area contributed by atoms with Crippen molar-refractivity contribution in [1.82, 2.24) is 0 Å². The van der Waals surface area contributed by atoms with Gasteiger partial charge in [-0.25, -0.2) is 4.57 Å². The SMILES string of the molecule is COc1cc2cc[n+](C)c(C)c2c(O)c1OC. The molecule has 0 bridgehead atoms. The molecule has 0 saturated carbocycles. The van der Waals surface area contributed by atoms with Gasteiger partial charge in [0.25, 0.3) is 0 Å². The number of pyridine rings is 1. The van der Waals surface area contributed by atoms with Crippen LogP contribution in [-0.4, -0.2) is 19.3 Å². The summed E-state index contributed by atoms with van der Waals surface area (Å²) in [6, 6.07) is 3.80. The van der Waals surface area contributed by atoms with E-state index in [2.05, 4.69) is 0 Å². The van der Waals surface area contributed by atoms with E-state index in [9.17, 15) is 5.11 Å². The smallest absolute Gasteiger partial charge is 0.203 e. The van der Waals surface area contributed by atoms with Crippen molar-refractivity contribution in [2.45, 2.75) is 6.92 Å². The van der Waals surface area contributed by atoms with Gasteiger partial charge >= 0.3 is 0 Å². The van der Waals surface area contributed by atoms with Crippen LogP contribution in [0.1, 0.15) is 5.69 Å². The highest BCUT2D eigenvalue weighted by Gasteiger charge is 2.19. The fraction of sp³-hybridized carbons (Fsp3) is 0.308. The zero-order valence-electron chi connectivity index (χ0n) is 10.4. The second-order valence-corrected chi connectivity index (χ2v) is 3.94. The van der Waals surface area contributed by atoms with Gasteiger partial charge in [0.05, 0.1) is 19.6 Å². The number of benzene rings is 1. The van der Waals surface area contributed by atoms with E-state index in [0.717, 1.165) is 16.5 Å². The van der Waals surface area contributed by atoms with Crippen LogP contribution < -0.4 is 14.0 Å². The van der Waals surface area contributed by atoms with Crippen LogP contribution >= 0.6 is 0 Å². The number of rotatable bonds is 2. The number of methoxy groups -OCH3 is 2. The lowest BCUT2D eigenvalue weighted by atomic mass is 10.1. The topological polar surface area (TPSA) is 42.6 Å². The highest BCUT2D eigenvalue weighted by Crippen LogP contribution is 2.42. The van der Waals surface area contributed by atoms with Gasteiger partial charge in [-0.15, -0.1) is 0 Å². The maximum absolute atomic E-state index is 10.2. The maximum atomic E-state index is 10.2. The van der Waals surface area contributed by atoms with Gasteiger partial charge in [-0.1, -0.05) is 0 Å². The summed E-state index contributed by atoms with van der Waals surface area (Å²) in [5.74, 6) is 1.02. The van der Waals surface area contributed by atoms with Gasteiger partial charge < -0.3 is 14.6 Å². The van der Waals surface area contributed by atoms with E-state index in [1.165, 1.54) is 7.11 Å². The highest BCUT2D eigenvalue weighted by molar-refractivity contribution is 5.93. The number of hydrogen-bond donors (Lipinski definition) is 1. The molecule has 0 aliphatic heterocycles. The first-order valence-corrected chi connectivity index (χ1v) is 5.33. The lowest BCUT2D eigenvalue weighted by Crippen LogP contribution is -2.31. The molecule has 1 N–H and O–H groups in total. The molecule has 0 radical (unpaired) electrons. The van der Waals surface area contributed by atoms with E-state index >= 15 is 0 Å². The molecule has 0 amide bonds. The lowest BCUT2D eigenvalue weighted by molar-refractivity contribution is -0.676. The zero-order valence-corrected chi connectivity index (χ0v) is 10.4. The number of hydrogen-bond acceptors (Lipinski definition) is 3. The summed E-state index contributed by atoms with van der Waals surface area (Å²) in [6.07, 6.45) is 1.95. The summed E-state index contributed by atoms with van der Waals surface area (Å²) in [6.45, 7) is 1.95. The number of phenolic OH excluding ortho intramolecular Hbond substituents is 1. The van der Waals surface area contributed by atoms with Crippen molar-refractivity contribution in [3.63, 3.8) is 0 Å². The van der Waals surface area contributed by atoms with Crippen LogP contribution in [0.15, 0.2) is 18.3 Å². The average molecular weight is 234 g/mol. The third kappa shape index (κ3) is 1.65. The number of nitrogens with zero attached hydrogens (tertiary/aromatic N) is 1. The predicted octanol–water partition coefficient (Wildman–Crippen LogP) is 1.70. The molecule has 1 aromatic carbocycles. The van der Waals surface area contributed by atoms with E-state index in [-0.39, 0.29) is 5.75 Å². The fourth-order valence-corrected chi connectivity index (χ4v) is 1.99. The summed E-state index contributed by atoms with van der Waals surface area (Å²) < 4.78 is 12.3. The van der Waals surface area contributed by atoms with E-state index in [1.54, 1.807) is 7.11 Å². The van der Waals surface area contributed by atoms with Crippen LogP contribution in [0.3, 0.4) is 0 Å². The number of aromatic nitrogens is 1. The minimum absolute atomic E-state index is 0.121. The van der Waals surface area contributed by atoms with Crippen molar-refractivity contribution in [2.75, 3.05) is 14.2 Å². The summed E-state index contributed by atoms with van der Waals surface area (Å²) >= 11 is 0. The minimum Gasteiger partial charge on any atom is -0.504 e. The Morgan fingerprint density at radius 1 is 1.24 bits per heavy atom. The average Bonchev–Trinajstić information content (AvgIpc) is 2.33. The molecule has 0 atom stereocenters. The highest BCUT2D eigenvalue weighted by atomic mass is 16.5. The molecule has 0 aliphatic carbocycles. The maximum Gasteiger partial charge on any atom is 0.203 e. The molecule has 1 aromatic heterocycles. The molecule has 1 heterocycles. The minimum atomic E-state index is 0.121. The van der Waals surface area contributed by atoms with Crippen molar-refractivity contribution in [1.29, 1.82) is 0 Å². The van der Waals surface area contributed by atoms with Gasteiger partial charge in [-0.2, -0.15) is 0 Å². The third-order valence-corrected chi connectivity index (χ3v) is 3.04. The molecular formula is C13H16NO3+. The number of phenols is 1. The Hall–Kier alpha value is -1.97. The normalized spacial score (nSPS) is 10.6. The number of ether oxygens (including phenoxy) is 2. The monoisotopic (exact) mass is 234 g/mol. The predicted molar refractivity (Wildman–Crippen MR) is 64.6 cm³/mol. The first kappa shape index (κ1) is 11.5. The van der Waals surface area contributed by atoms with Gasteiger partial charge in [-0.3, -0.25) is 0 Å². The van der Waals surface area contributed by atoms with Crippen molar-refractivity contribution in [2.24, 2.45) is 7.05 Å². The zero-order chi connectivity index (χ0) is 12.6. The number of fused-ring (bicyclic) bond motifs is 1. The Morgan fingerprint density at radius 3 is 2.53 bits per heavy atom. The van der Waals surface area contributed by atoms with E-state index < -0.39 is 0 Å². The largest absolute Gasteiger partial charge is 0.504 e. The molecule has 4 nitrogen and oxygen atoms in total. The molecule has 0 saturated heterocycles.